The molecule has 1 amide bonds. The van der Waals surface area contributed by atoms with Crippen molar-refractivity contribution in [3.63, 3.8) is 0 Å². The van der Waals surface area contributed by atoms with Crippen molar-refractivity contribution in [2.24, 2.45) is 29.6 Å². The van der Waals surface area contributed by atoms with Crippen LogP contribution in [0.1, 0.15) is 19.3 Å². The van der Waals surface area contributed by atoms with Crippen LogP contribution in [0.2, 0.25) is 0 Å². The van der Waals surface area contributed by atoms with Crippen molar-refractivity contribution < 1.29 is 4.79 Å². The molecule has 0 aromatic carbocycles. The van der Waals surface area contributed by atoms with Crippen LogP contribution in [0.4, 0.5) is 0 Å². The fourth-order valence-corrected chi connectivity index (χ4v) is 4.62. The molecule has 0 saturated heterocycles. The molecule has 1 unspecified atom stereocenters. The molecule has 0 radical (unpaired) electrons. The molecule has 2 bridgehead atoms. The summed E-state index contributed by atoms with van der Waals surface area (Å²) in [6, 6.07) is 4.04. The molecule has 18 heavy (non-hydrogen) atoms. The first-order valence-electron chi connectivity index (χ1n) is 7.23. The lowest BCUT2D eigenvalue weighted by molar-refractivity contribution is -0.123. The zero-order chi connectivity index (χ0) is 12.1. The van der Waals surface area contributed by atoms with Crippen LogP contribution in [0.25, 0.3) is 0 Å². The van der Waals surface area contributed by atoms with Crippen LogP contribution in [-0.2, 0) is 11.3 Å². The molecule has 1 heterocycles. The summed E-state index contributed by atoms with van der Waals surface area (Å²) in [5.74, 6) is 4.00. The first-order valence-corrected chi connectivity index (χ1v) is 7.23. The average Bonchev–Trinajstić information content (AvgIpc) is 2.80. The molecule has 3 saturated carbocycles. The third kappa shape index (κ3) is 1.53. The van der Waals surface area contributed by atoms with E-state index in [2.05, 4.69) is 9.88 Å². The summed E-state index contributed by atoms with van der Waals surface area (Å²) in [5.41, 5.74) is 0. The van der Waals surface area contributed by atoms with Gasteiger partial charge in [-0.05, 0) is 55.1 Å². The number of hydrogen-bond acceptors (Lipinski definition) is 1. The Morgan fingerprint density at radius 3 is 2.50 bits per heavy atom. The van der Waals surface area contributed by atoms with Crippen molar-refractivity contribution in [2.75, 3.05) is 6.54 Å². The van der Waals surface area contributed by atoms with Crippen LogP contribution in [0.5, 0.6) is 0 Å². The van der Waals surface area contributed by atoms with E-state index >= 15 is 0 Å². The molecule has 3 fully saturated rings. The first kappa shape index (κ1) is 10.7. The number of rotatable bonds is 4. The van der Waals surface area contributed by atoms with Crippen molar-refractivity contribution in [3.05, 3.63) is 24.5 Å². The summed E-state index contributed by atoms with van der Waals surface area (Å²) in [4.78, 5) is 12.1. The van der Waals surface area contributed by atoms with Crippen LogP contribution in [0, 0.1) is 29.6 Å². The lowest BCUT2D eigenvalue weighted by Crippen LogP contribution is -2.30. The minimum atomic E-state index is 0.328. The summed E-state index contributed by atoms with van der Waals surface area (Å²) in [6.45, 7) is 1.65. The minimum Gasteiger partial charge on any atom is -0.354 e. The molecule has 1 N–H and O–H groups in total. The van der Waals surface area contributed by atoms with Gasteiger partial charge in [-0.1, -0.05) is 0 Å². The summed E-state index contributed by atoms with van der Waals surface area (Å²) < 4.78 is 2.11. The Kier molecular flexibility index (Phi) is 2.29. The zero-order valence-corrected chi connectivity index (χ0v) is 10.6. The summed E-state index contributed by atoms with van der Waals surface area (Å²) >= 11 is 0. The molecule has 3 aliphatic rings. The quantitative estimate of drug-likeness (QED) is 0.862. The van der Waals surface area contributed by atoms with E-state index in [0.717, 1.165) is 36.8 Å². The Labute approximate surface area is 108 Å². The predicted molar refractivity (Wildman–Crippen MR) is 68.7 cm³/mol. The molecule has 1 aromatic heterocycles. The topological polar surface area (TPSA) is 34.0 Å². The highest BCUT2D eigenvalue weighted by atomic mass is 16.2. The Morgan fingerprint density at radius 2 is 1.83 bits per heavy atom. The lowest BCUT2D eigenvalue weighted by Gasteiger charge is -2.10. The van der Waals surface area contributed by atoms with Crippen molar-refractivity contribution in [1.82, 2.24) is 9.88 Å². The molecule has 3 aliphatic carbocycles. The predicted octanol–water partition coefficient (Wildman–Crippen LogP) is 1.90. The SMILES string of the molecule is O=C(NCCn1cccc1)C1[C@@H]2[C@H]3CC[C@H](C3)[C@H]12. The molecular formula is C15H20N2O. The molecule has 4 rings (SSSR count). The first-order chi connectivity index (χ1) is 8.84. The van der Waals surface area contributed by atoms with Gasteiger partial charge in [-0.15, -0.1) is 0 Å². The van der Waals surface area contributed by atoms with E-state index in [4.69, 9.17) is 0 Å². The van der Waals surface area contributed by atoms with Crippen molar-refractivity contribution in [2.45, 2.75) is 25.8 Å². The fourth-order valence-electron chi connectivity index (χ4n) is 4.62. The second-order valence-electron chi connectivity index (χ2n) is 6.23. The average molecular weight is 244 g/mol. The van der Waals surface area contributed by atoms with Crippen LogP contribution in [-0.4, -0.2) is 17.0 Å². The van der Waals surface area contributed by atoms with Gasteiger partial charge in [-0.3, -0.25) is 4.79 Å². The summed E-state index contributed by atoms with van der Waals surface area (Å²) in [6.07, 6.45) is 8.27. The summed E-state index contributed by atoms with van der Waals surface area (Å²) in [5, 5.41) is 3.12. The zero-order valence-electron chi connectivity index (χ0n) is 10.6. The number of amides is 1. The third-order valence-electron chi connectivity index (χ3n) is 5.37. The van der Waals surface area contributed by atoms with Gasteiger partial charge in [0.1, 0.15) is 0 Å². The van der Waals surface area contributed by atoms with E-state index in [1.807, 2.05) is 24.5 Å². The second-order valence-corrected chi connectivity index (χ2v) is 6.23. The molecule has 96 valence electrons. The van der Waals surface area contributed by atoms with Gasteiger partial charge in [0.25, 0.3) is 0 Å². The number of nitrogens with zero attached hydrogens (tertiary/aromatic N) is 1. The van der Waals surface area contributed by atoms with E-state index < -0.39 is 0 Å². The molecule has 1 aromatic rings. The number of fused-ring (bicyclic) bond motifs is 5. The van der Waals surface area contributed by atoms with Crippen LogP contribution in [0.3, 0.4) is 0 Å². The number of nitrogens with one attached hydrogen (secondary N) is 1. The molecule has 3 heteroatoms. The molecular weight excluding hydrogens is 224 g/mol. The van der Waals surface area contributed by atoms with Gasteiger partial charge < -0.3 is 9.88 Å². The van der Waals surface area contributed by atoms with Crippen LogP contribution in [0.15, 0.2) is 24.5 Å². The maximum Gasteiger partial charge on any atom is 0.223 e. The number of carbonyl (C=O) groups is 1. The number of hydrogen-bond donors (Lipinski definition) is 1. The highest BCUT2D eigenvalue weighted by Gasteiger charge is 2.67. The Bertz CT molecular complexity index is 437. The van der Waals surface area contributed by atoms with E-state index in [-0.39, 0.29) is 0 Å². The lowest BCUT2D eigenvalue weighted by atomic mass is 10.0. The molecule has 0 spiro atoms. The van der Waals surface area contributed by atoms with E-state index in [9.17, 15) is 4.79 Å². The highest BCUT2D eigenvalue weighted by molar-refractivity contribution is 5.82. The van der Waals surface area contributed by atoms with Gasteiger partial charge in [-0.25, -0.2) is 0 Å². The van der Waals surface area contributed by atoms with Gasteiger partial charge in [0.15, 0.2) is 0 Å². The largest absolute Gasteiger partial charge is 0.354 e. The van der Waals surface area contributed by atoms with Crippen molar-refractivity contribution in [3.8, 4) is 0 Å². The Balaban J connectivity index is 1.28. The smallest absolute Gasteiger partial charge is 0.223 e. The highest BCUT2D eigenvalue weighted by Crippen LogP contribution is 2.69. The normalized spacial score (nSPS) is 39.7. The minimum absolute atomic E-state index is 0.328. The number of carbonyl (C=O) groups excluding carboxylic acids is 1. The maximum atomic E-state index is 12.1. The second kappa shape index (κ2) is 3.87. The van der Waals surface area contributed by atoms with Gasteiger partial charge in [0, 0.05) is 31.4 Å². The fraction of sp³-hybridized carbons (Fsp3) is 0.667. The van der Waals surface area contributed by atoms with Crippen molar-refractivity contribution in [1.29, 1.82) is 0 Å². The molecule has 0 aliphatic heterocycles. The maximum absolute atomic E-state index is 12.1. The van der Waals surface area contributed by atoms with Gasteiger partial charge >= 0.3 is 0 Å². The number of aromatic nitrogens is 1. The van der Waals surface area contributed by atoms with E-state index in [0.29, 0.717) is 11.8 Å². The van der Waals surface area contributed by atoms with Gasteiger partial charge in [0.05, 0.1) is 0 Å². The Hall–Kier alpha value is -1.25. The van der Waals surface area contributed by atoms with Gasteiger partial charge in [-0.2, -0.15) is 0 Å². The Morgan fingerprint density at radius 1 is 1.17 bits per heavy atom. The van der Waals surface area contributed by atoms with Crippen LogP contribution < -0.4 is 5.32 Å². The standard InChI is InChI=1S/C15H20N2O/c18-15(16-5-8-17-6-1-2-7-17)14-12-10-3-4-11(9-10)13(12)14/h1-2,6-7,10-14H,3-5,8-9H2,(H,16,18)/t10-,11+,12+,13-,14?. The molecule has 5 atom stereocenters. The third-order valence-corrected chi connectivity index (χ3v) is 5.37. The van der Waals surface area contributed by atoms with Crippen molar-refractivity contribution >= 4 is 5.91 Å². The van der Waals surface area contributed by atoms with Gasteiger partial charge in [0.2, 0.25) is 5.91 Å². The summed E-state index contributed by atoms with van der Waals surface area (Å²) in [7, 11) is 0. The van der Waals surface area contributed by atoms with E-state index in [1.54, 1.807) is 0 Å². The monoisotopic (exact) mass is 244 g/mol. The van der Waals surface area contributed by atoms with E-state index in [1.165, 1.54) is 19.3 Å². The van der Waals surface area contributed by atoms with Crippen LogP contribution >= 0.6 is 0 Å². The molecule has 3 nitrogen and oxygen atoms in total.